The lowest BCUT2D eigenvalue weighted by Gasteiger charge is -2.24. The average molecular weight is 298 g/mol. The number of aryl methyl sites for hydroxylation is 2. The van der Waals surface area contributed by atoms with E-state index in [2.05, 4.69) is 10.6 Å². The van der Waals surface area contributed by atoms with Gasteiger partial charge in [-0.2, -0.15) is 0 Å². The van der Waals surface area contributed by atoms with Gasteiger partial charge in [0.2, 0.25) is 0 Å². The lowest BCUT2D eigenvalue weighted by Crippen LogP contribution is -2.47. The van der Waals surface area contributed by atoms with Crippen molar-refractivity contribution in [1.29, 1.82) is 0 Å². The molecule has 2 atom stereocenters. The number of furan rings is 1. The first-order chi connectivity index (χ1) is 9.80. The van der Waals surface area contributed by atoms with Crippen LogP contribution in [0.1, 0.15) is 37.4 Å². The lowest BCUT2D eigenvalue weighted by atomic mass is 9.96. The predicted octanol–water partition coefficient (Wildman–Crippen LogP) is 1.83. The molecule has 0 aliphatic heterocycles. The molecule has 0 aromatic carbocycles. The summed E-state index contributed by atoms with van der Waals surface area (Å²) in [5, 5.41) is 16.0. The number of methoxy groups -OCH3 is 1. The van der Waals surface area contributed by atoms with Gasteiger partial charge in [0.15, 0.2) is 0 Å². The van der Waals surface area contributed by atoms with E-state index >= 15 is 0 Å². The second-order valence-corrected chi connectivity index (χ2v) is 5.49. The number of amides is 2. The minimum Gasteiger partial charge on any atom is -0.466 e. The molecule has 2 amide bonds. The molecule has 1 aromatic rings. The summed E-state index contributed by atoms with van der Waals surface area (Å²) < 4.78 is 10.4. The number of rotatable bonds is 7. The minimum atomic E-state index is -1.18. The molecule has 3 N–H and O–H groups in total. The Balaban J connectivity index is 2.57. The zero-order valence-corrected chi connectivity index (χ0v) is 13.4. The van der Waals surface area contributed by atoms with E-state index in [9.17, 15) is 9.90 Å². The number of nitrogens with one attached hydrogen (secondary N) is 2. The van der Waals surface area contributed by atoms with Gasteiger partial charge in [-0.1, -0.05) is 6.92 Å². The van der Waals surface area contributed by atoms with Crippen LogP contribution in [-0.2, 0) is 10.3 Å². The van der Waals surface area contributed by atoms with Crippen LogP contribution in [-0.4, -0.2) is 37.4 Å². The van der Waals surface area contributed by atoms with Crippen molar-refractivity contribution in [2.45, 2.75) is 45.8 Å². The maximum Gasteiger partial charge on any atom is 0.315 e. The molecule has 0 saturated heterocycles. The van der Waals surface area contributed by atoms with Crippen molar-refractivity contribution in [3.05, 3.63) is 23.2 Å². The smallest absolute Gasteiger partial charge is 0.315 e. The zero-order valence-electron chi connectivity index (χ0n) is 13.4. The van der Waals surface area contributed by atoms with Crippen LogP contribution < -0.4 is 10.6 Å². The first-order valence-electron chi connectivity index (χ1n) is 7.13. The molecule has 0 radical (unpaired) electrons. The van der Waals surface area contributed by atoms with Crippen LogP contribution in [0, 0.1) is 13.8 Å². The number of carbonyl (C=O) groups is 1. The van der Waals surface area contributed by atoms with Gasteiger partial charge in [-0.3, -0.25) is 0 Å². The van der Waals surface area contributed by atoms with Crippen molar-refractivity contribution in [2.75, 3.05) is 20.3 Å². The topological polar surface area (TPSA) is 83.7 Å². The fourth-order valence-electron chi connectivity index (χ4n) is 2.21. The van der Waals surface area contributed by atoms with E-state index in [1.165, 1.54) is 0 Å². The molecule has 21 heavy (non-hydrogen) atoms. The van der Waals surface area contributed by atoms with Gasteiger partial charge in [-0.05, 0) is 33.3 Å². The second-order valence-electron chi connectivity index (χ2n) is 5.49. The summed E-state index contributed by atoms with van der Waals surface area (Å²) in [4.78, 5) is 11.8. The summed E-state index contributed by atoms with van der Waals surface area (Å²) in [7, 11) is 1.59. The van der Waals surface area contributed by atoms with Gasteiger partial charge in [-0.25, -0.2) is 4.79 Å². The Morgan fingerprint density at radius 2 is 2.19 bits per heavy atom. The van der Waals surface area contributed by atoms with E-state index in [1.807, 2.05) is 13.8 Å². The van der Waals surface area contributed by atoms with Gasteiger partial charge in [0, 0.05) is 12.7 Å². The highest BCUT2D eigenvalue weighted by molar-refractivity contribution is 5.74. The highest BCUT2D eigenvalue weighted by atomic mass is 16.5. The average Bonchev–Trinajstić information content (AvgIpc) is 2.76. The normalized spacial score (nSPS) is 15.3. The number of hydrogen-bond donors (Lipinski definition) is 3. The van der Waals surface area contributed by atoms with Crippen LogP contribution in [0.3, 0.4) is 0 Å². The Kier molecular flexibility index (Phi) is 6.23. The van der Waals surface area contributed by atoms with Gasteiger partial charge >= 0.3 is 6.03 Å². The van der Waals surface area contributed by atoms with Crippen LogP contribution in [0.4, 0.5) is 4.79 Å². The van der Waals surface area contributed by atoms with E-state index in [0.29, 0.717) is 17.9 Å². The summed E-state index contributed by atoms with van der Waals surface area (Å²) in [6, 6.07) is 1.42. The lowest BCUT2D eigenvalue weighted by molar-refractivity contribution is 0.0575. The van der Waals surface area contributed by atoms with Crippen molar-refractivity contribution in [1.82, 2.24) is 10.6 Å². The van der Waals surface area contributed by atoms with Crippen LogP contribution in [0.5, 0.6) is 0 Å². The predicted molar refractivity (Wildman–Crippen MR) is 80.2 cm³/mol. The summed E-state index contributed by atoms with van der Waals surface area (Å²) in [5.74, 6) is 1.39. The van der Waals surface area contributed by atoms with Crippen LogP contribution >= 0.6 is 0 Å². The summed E-state index contributed by atoms with van der Waals surface area (Å²) in [6.45, 7) is 7.79. The van der Waals surface area contributed by atoms with E-state index in [0.717, 1.165) is 12.2 Å². The Hall–Kier alpha value is -1.53. The molecule has 0 spiro atoms. The molecule has 120 valence electrons. The van der Waals surface area contributed by atoms with E-state index in [1.54, 1.807) is 27.0 Å². The monoisotopic (exact) mass is 298 g/mol. The summed E-state index contributed by atoms with van der Waals surface area (Å²) in [5.41, 5.74) is -0.494. The second kappa shape index (κ2) is 7.47. The van der Waals surface area contributed by atoms with Gasteiger partial charge in [0.25, 0.3) is 0 Å². The quantitative estimate of drug-likeness (QED) is 0.717. The van der Waals surface area contributed by atoms with Crippen molar-refractivity contribution in [3.8, 4) is 0 Å². The largest absolute Gasteiger partial charge is 0.466 e. The fourth-order valence-corrected chi connectivity index (χ4v) is 2.21. The first-order valence-corrected chi connectivity index (χ1v) is 7.13. The van der Waals surface area contributed by atoms with E-state index < -0.39 is 5.60 Å². The number of ether oxygens (including phenoxy) is 1. The molecule has 0 bridgehead atoms. The number of urea groups is 1. The molecule has 0 fully saturated rings. The van der Waals surface area contributed by atoms with Crippen molar-refractivity contribution in [2.24, 2.45) is 0 Å². The standard InChI is InChI=1S/C15H26N2O4/c1-6-12(8-20-5)17-14(18)16-9-15(4,19)13-7-10(2)21-11(13)3/h7,12,19H,6,8-9H2,1-5H3,(H2,16,17,18). The van der Waals surface area contributed by atoms with Crippen LogP contribution in [0.25, 0.3) is 0 Å². The third-order valence-electron chi connectivity index (χ3n) is 3.41. The Bertz CT molecular complexity index is 468. The zero-order chi connectivity index (χ0) is 16.0. The molecule has 0 saturated carbocycles. The first kappa shape index (κ1) is 17.5. The Morgan fingerprint density at radius 3 is 2.67 bits per heavy atom. The van der Waals surface area contributed by atoms with E-state index in [-0.39, 0.29) is 18.6 Å². The maximum absolute atomic E-state index is 11.8. The molecular formula is C15H26N2O4. The third-order valence-corrected chi connectivity index (χ3v) is 3.41. The SMILES string of the molecule is CCC(COC)NC(=O)NCC(C)(O)c1cc(C)oc1C. The number of carbonyl (C=O) groups excluding carboxylic acids is 1. The van der Waals surface area contributed by atoms with Crippen molar-refractivity contribution >= 4 is 6.03 Å². The van der Waals surface area contributed by atoms with Crippen LogP contribution in [0.15, 0.2) is 10.5 Å². The summed E-state index contributed by atoms with van der Waals surface area (Å²) in [6.07, 6.45) is 0.775. The van der Waals surface area contributed by atoms with Crippen molar-refractivity contribution < 1.29 is 19.1 Å². The Labute approximate surface area is 125 Å². The van der Waals surface area contributed by atoms with Gasteiger partial charge in [-0.15, -0.1) is 0 Å². The Morgan fingerprint density at radius 1 is 1.52 bits per heavy atom. The van der Waals surface area contributed by atoms with Crippen LogP contribution in [0.2, 0.25) is 0 Å². The van der Waals surface area contributed by atoms with Gasteiger partial charge in [0.05, 0.1) is 19.2 Å². The molecular weight excluding hydrogens is 272 g/mol. The molecule has 6 heteroatoms. The van der Waals surface area contributed by atoms with Gasteiger partial charge < -0.3 is 24.9 Å². The number of hydrogen-bond acceptors (Lipinski definition) is 4. The minimum absolute atomic E-state index is 0.0437. The maximum atomic E-state index is 11.8. The molecule has 2 unspecified atom stereocenters. The third kappa shape index (κ3) is 5.06. The van der Waals surface area contributed by atoms with E-state index in [4.69, 9.17) is 9.15 Å². The molecule has 1 rings (SSSR count). The molecule has 0 aliphatic carbocycles. The highest BCUT2D eigenvalue weighted by Crippen LogP contribution is 2.26. The molecule has 0 aliphatic rings. The number of aliphatic hydroxyl groups is 1. The highest BCUT2D eigenvalue weighted by Gasteiger charge is 2.28. The summed E-state index contributed by atoms with van der Waals surface area (Å²) >= 11 is 0. The molecule has 1 aromatic heterocycles. The molecule has 1 heterocycles. The fraction of sp³-hybridized carbons (Fsp3) is 0.667. The van der Waals surface area contributed by atoms with Gasteiger partial charge in [0.1, 0.15) is 17.1 Å². The molecule has 6 nitrogen and oxygen atoms in total. The van der Waals surface area contributed by atoms with Crippen molar-refractivity contribution in [3.63, 3.8) is 0 Å².